The molecule has 1 nitrogen and oxygen atoms in total. The van der Waals surface area contributed by atoms with Gasteiger partial charge in [0.2, 0.25) is 0 Å². The van der Waals surface area contributed by atoms with E-state index >= 15 is 0 Å². The summed E-state index contributed by atoms with van der Waals surface area (Å²) in [6.45, 7) is 0.101. The third-order valence-electron chi connectivity index (χ3n) is 2.53. The standard InChI is InChI=1S/C13H10F3N/c14-11-4-3-9(6-13(11)16)8-1-2-10(7-17)12(15)5-8/h1-6H,7,17H2. The number of hydrogen-bond donors (Lipinski definition) is 1. The molecule has 0 amide bonds. The molecule has 0 bridgehead atoms. The lowest BCUT2D eigenvalue weighted by Crippen LogP contribution is -1.99. The third-order valence-corrected chi connectivity index (χ3v) is 2.53. The van der Waals surface area contributed by atoms with Crippen molar-refractivity contribution in [2.45, 2.75) is 6.54 Å². The van der Waals surface area contributed by atoms with E-state index in [0.29, 0.717) is 16.7 Å². The average molecular weight is 237 g/mol. The van der Waals surface area contributed by atoms with E-state index in [4.69, 9.17) is 5.73 Å². The molecule has 0 fully saturated rings. The summed E-state index contributed by atoms with van der Waals surface area (Å²) in [6, 6.07) is 7.86. The van der Waals surface area contributed by atoms with Crippen LogP contribution in [0, 0.1) is 17.5 Å². The molecule has 2 aromatic carbocycles. The molecular formula is C13H10F3N. The molecule has 2 aromatic rings. The first kappa shape index (κ1) is 11.7. The molecule has 0 aliphatic rings. The lowest BCUT2D eigenvalue weighted by atomic mass is 10.0. The molecule has 0 aliphatic carbocycles. The largest absolute Gasteiger partial charge is 0.326 e. The van der Waals surface area contributed by atoms with Crippen molar-refractivity contribution >= 4 is 0 Å². The van der Waals surface area contributed by atoms with Crippen LogP contribution in [0.2, 0.25) is 0 Å². The van der Waals surface area contributed by atoms with Crippen molar-refractivity contribution in [2.24, 2.45) is 5.73 Å². The summed E-state index contributed by atoms with van der Waals surface area (Å²) >= 11 is 0. The van der Waals surface area contributed by atoms with Gasteiger partial charge in [0, 0.05) is 12.1 Å². The summed E-state index contributed by atoms with van der Waals surface area (Å²) in [5.41, 5.74) is 6.63. The summed E-state index contributed by atoms with van der Waals surface area (Å²) < 4.78 is 39.2. The van der Waals surface area contributed by atoms with E-state index in [0.717, 1.165) is 12.1 Å². The molecule has 0 radical (unpaired) electrons. The second kappa shape index (κ2) is 4.59. The zero-order valence-electron chi connectivity index (χ0n) is 8.88. The van der Waals surface area contributed by atoms with Gasteiger partial charge in [0.1, 0.15) is 5.82 Å². The first-order valence-corrected chi connectivity index (χ1v) is 5.05. The van der Waals surface area contributed by atoms with E-state index in [1.807, 2.05) is 0 Å². The maximum atomic E-state index is 13.5. The zero-order chi connectivity index (χ0) is 12.4. The van der Waals surface area contributed by atoms with Crippen LogP contribution in [-0.2, 0) is 6.54 Å². The highest BCUT2D eigenvalue weighted by atomic mass is 19.2. The fourth-order valence-electron chi connectivity index (χ4n) is 1.57. The fourth-order valence-corrected chi connectivity index (χ4v) is 1.57. The van der Waals surface area contributed by atoms with Gasteiger partial charge in [-0.2, -0.15) is 0 Å². The SMILES string of the molecule is NCc1ccc(-c2ccc(F)c(F)c2)cc1F. The van der Waals surface area contributed by atoms with Crippen LogP contribution in [0.4, 0.5) is 13.2 Å². The zero-order valence-corrected chi connectivity index (χ0v) is 8.88. The molecule has 2 N–H and O–H groups in total. The monoisotopic (exact) mass is 237 g/mol. The Hall–Kier alpha value is -1.81. The lowest BCUT2D eigenvalue weighted by Gasteiger charge is -2.05. The molecule has 17 heavy (non-hydrogen) atoms. The van der Waals surface area contributed by atoms with Gasteiger partial charge in [0.15, 0.2) is 11.6 Å². The van der Waals surface area contributed by atoms with Crippen molar-refractivity contribution in [3.63, 3.8) is 0 Å². The molecule has 0 aromatic heterocycles. The maximum Gasteiger partial charge on any atom is 0.159 e. The third kappa shape index (κ3) is 2.31. The first-order chi connectivity index (χ1) is 8.11. The number of benzene rings is 2. The van der Waals surface area contributed by atoms with Crippen molar-refractivity contribution < 1.29 is 13.2 Å². The van der Waals surface area contributed by atoms with Crippen LogP contribution in [0.3, 0.4) is 0 Å². The van der Waals surface area contributed by atoms with Gasteiger partial charge < -0.3 is 5.73 Å². The molecular weight excluding hydrogens is 227 g/mol. The minimum atomic E-state index is -0.953. The predicted molar refractivity (Wildman–Crippen MR) is 59.6 cm³/mol. The smallest absolute Gasteiger partial charge is 0.159 e. The Bertz CT molecular complexity index is 552. The summed E-state index contributed by atoms with van der Waals surface area (Å²) in [5.74, 6) is -2.33. The highest BCUT2D eigenvalue weighted by Gasteiger charge is 2.07. The van der Waals surface area contributed by atoms with Gasteiger partial charge in [-0.1, -0.05) is 18.2 Å². The van der Waals surface area contributed by atoms with Crippen molar-refractivity contribution in [1.82, 2.24) is 0 Å². The van der Waals surface area contributed by atoms with Crippen molar-refractivity contribution in [2.75, 3.05) is 0 Å². The van der Waals surface area contributed by atoms with E-state index < -0.39 is 17.5 Å². The Labute approximate surface area is 96.7 Å². The average Bonchev–Trinajstić information content (AvgIpc) is 2.32. The van der Waals surface area contributed by atoms with Crippen LogP contribution in [0.5, 0.6) is 0 Å². The van der Waals surface area contributed by atoms with Crippen molar-refractivity contribution in [1.29, 1.82) is 0 Å². The van der Waals surface area contributed by atoms with E-state index in [1.165, 1.54) is 18.2 Å². The second-order valence-corrected chi connectivity index (χ2v) is 3.64. The van der Waals surface area contributed by atoms with Crippen molar-refractivity contribution in [3.8, 4) is 11.1 Å². The van der Waals surface area contributed by atoms with Gasteiger partial charge in [-0.3, -0.25) is 0 Å². The van der Waals surface area contributed by atoms with E-state index in [-0.39, 0.29) is 6.54 Å². The van der Waals surface area contributed by atoms with Crippen molar-refractivity contribution in [3.05, 3.63) is 59.4 Å². The highest BCUT2D eigenvalue weighted by molar-refractivity contribution is 5.63. The molecule has 88 valence electrons. The quantitative estimate of drug-likeness (QED) is 0.852. The number of halogens is 3. The van der Waals surface area contributed by atoms with Gasteiger partial charge in [-0.25, -0.2) is 13.2 Å². The molecule has 0 heterocycles. The van der Waals surface area contributed by atoms with Crippen LogP contribution in [0.15, 0.2) is 36.4 Å². The fraction of sp³-hybridized carbons (Fsp3) is 0.0769. The van der Waals surface area contributed by atoms with Gasteiger partial charge in [0.05, 0.1) is 0 Å². The molecule has 0 aliphatic heterocycles. The maximum absolute atomic E-state index is 13.5. The second-order valence-electron chi connectivity index (χ2n) is 3.64. The summed E-state index contributed by atoms with van der Waals surface area (Å²) in [4.78, 5) is 0. The minimum Gasteiger partial charge on any atom is -0.326 e. The van der Waals surface area contributed by atoms with Gasteiger partial charge in [-0.15, -0.1) is 0 Å². The van der Waals surface area contributed by atoms with Crippen LogP contribution < -0.4 is 5.73 Å². The lowest BCUT2D eigenvalue weighted by molar-refractivity contribution is 0.509. The van der Waals surface area contributed by atoms with Gasteiger partial charge in [0.25, 0.3) is 0 Å². The molecule has 0 saturated heterocycles. The number of rotatable bonds is 2. The summed E-state index contributed by atoms with van der Waals surface area (Å²) in [6.07, 6.45) is 0. The first-order valence-electron chi connectivity index (χ1n) is 5.05. The Kier molecular flexibility index (Phi) is 3.15. The summed E-state index contributed by atoms with van der Waals surface area (Å²) in [5, 5.41) is 0. The van der Waals surface area contributed by atoms with Gasteiger partial charge in [-0.05, 0) is 29.3 Å². The summed E-state index contributed by atoms with van der Waals surface area (Å²) in [7, 11) is 0. The topological polar surface area (TPSA) is 26.0 Å². The molecule has 0 spiro atoms. The molecule has 2 rings (SSSR count). The highest BCUT2D eigenvalue weighted by Crippen LogP contribution is 2.23. The predicted octanol–water partition coefficient (Wildman–Crippen LogP) is 3.23. The molecule has 0 atom stereocenters. The van der Waals surface area contributed by atoms with Crippen LogP contribution in [0.1, 0.15) is 5.56 Å². The van der Waals surface area contributed by atoms with Crippen LogP contribution in [-0.4, -0.2) is 0 Å². The van der Waals surface area contributed by atoms with E-state index in [9.17, 15) is 13.2 Å². The van der Waals surface area contributed by atoms with Crippen LogP contribution >= 0.6 is 0 Å². The Morgan fingerprint density at radius 3 is 1.88 bits per heavy atom. The van der Waals surface area contributed by atoms with E-state index in [2.05, 4.69) is 0 Å². The number of hydrogen-bond acceptors (Lipinski definition) is 1. The van der Waals surface area contributed by atoms with Crippen LogP contribution in [0.25, 0.3) is 11.1 Å². The number of nitrogens with two attached hydrogens (primary N) is 1. The normalized spacial score (nSPS) is 10.6. The molecule has 0 unspecified atom stereocenters. The van der Waals surface area contributed by atoms with E-state index in [1.54, 1.807) is 6.07 Å². The Balaban J connectivity index is 2.46. The Morgan fingerprint density at radius 2 is 1.35 bits per heavy atom. The minimum absolute atomic E-state index is 0.101. The molecule has 4 heteroatoms. The Morgan fingerprint density at radius 1 is 0.765 bits per heavy atom. The molecule has 0 saturated carbocycles. The van der Waals surface area contributed by atoms with Gasteiger partial charge >= 0.3 is 0 Å².